The third kappa shape index (κ3) is 5.30. The van der Waals surface area contributed by atoms with Gasteiger partial charge in [0.15, 0.2) is 6.10 Å². The maximum Gasteiger partial charge on any atom is 0.260 e. The van der Waals surface area contributed by atoms with Crippen LogP contribution in [0.5, 0.6) is 11.5 Å². The minimum absolute atomic E-state index is 0.230. The van der Waals surface area contributed by atoms with Gasteiger partial charge in [-0.1, -0.05) is 23.7 Å². The minimum Gasteiger partial charge on any atom is -0.486 e. The molecule has 0 aliphatic heterocycles. The fourth-order valence-corrected chi connectivity index (χ4v) is 3.42. The predicted octanol–water partition coefficient (Wildman–Crippen LogP) is 4.51. The van der Waals surface area contributed by atoms with Crippen molar-refractivity contribution in [3.05, 3.63) is 77.8 Å². The Kier molecular flexibility index (Phi) is 6.85. The molecule has 1 amide bonds. The summed E-state index contributed by atoms with van der Waals surface area (Å²) >= 11 is 6.44. The van der Waals surface area contributed by atoms with Gasteiger partial charge in [0.25, 0.3) is 5.91 Å². The molecule has 2 N–H and O–H groups in total. The number of fused-ring (bicyclic) bond motifs is 1. The molecule has 0 spiro atoms. The molecule has 0 bridgehead atoms. The predicted molar refractivity (Wildman–Crippen MR) is 127 cm³/mol. The van der Waals surface area contributed by atoms with Crippen molar-refractivity contribution in [2.24, 2.45) is 0 Å². The number of hydrogen-bond donors (Lipinski definition) is 2. The summed E-state index contributed by atoms with van der Waals surface area (Å²) in [4.78, 5) is 24.9. The summed E-state index contributed by atoms with van der Waals surface area (Å²) in [7, 11) is 1.56. The molecule has 0 radical (unpaired) electrons. The van der Waals surface area contributed by atoms with E-state index in [0.717, 1.165) is 5.69 Å². The lowest BCUT2D eigenvalue weighted by Crippen LogP contribution is -2.33. The Morgan fingerprint density at radius 1 is 1.06 bits per heavy atom. The highest BCUT2D eigenvalue weighted by molar-refractivity contribution is 6.32. The quantitative estimate of drug-likeness (QED) is 0.396. The fraction of sp³-hybridized carbons (Fsp3) is 0.167. The zero-order valence-corrected chi connectivity index (χ0v) is 18.8. The third-order valence-corrected chi connectivity index (χ3v) is 5.14. The van der Waals surface area contributed by atoms with Gasteiger partial charge in [0.05, 0.1) is 21.6 Å². The van der Waals surface area contributed by atoms with Gasteiger partial charge in [-0.3, -0.25) is 9.78 Å². The van der Waals surface area contributed by atoms with Crippen LogP contribution in [0.1, 0.15) is 12.6 Å². The lowest BCUT2D eigenvalue weighted by Gasteiger charge is -2.17. The number of rotatable bonds is 8. The van der Waals surface area contributed by atoms with Crippen molar-refractivity contribution < 1.29 is 14.3 Å². The highest BCUT2D eigenvalue weighted by Gasteiger charge is 2.17. The molecule has 1 atom stereocenters. The average Bonchev–Trinajstić information content (AvgIpc) is 2.84. The van der Waals surface area contributed by atoms with E-state index in [-0.39, 0.29) is 5.91 Å². The molecule has 0 saturated carbocycles. The number of ether oxygens (including phenoxy) is 2. The summed E-state index contributed by atoms with van der Waals surface area (Å²) in [5.41, 5.74) is 2.19. The first-order chi connectivity index (χ1) is 16.0. The number of aromatic nitrogens is 3. The third-order valence-electron chi connectivity index (χ3n) is 4.84. The van der Waals surface area contributed by atoms with E-state index in [0.29, 0.717) is 45.5 Å². The van der Waals surface area contributed by atoms with Crippen LogP contribution in [-0.4, -0.2) is 34.0 Å². The summed E-state index contributed by atoms with van der Waals surface area (Å²) in [5, 5.41) is 6.94. The number of hydrogen-bond acceptors (Lipinski definition) is 7. The zero-order chi connectivity index (χ0) is 23.2. The molecule has 0 saturated heterocycles. The molecule has 0 aliphatic carbocycles. The number of halogens is 1. The average molecular weight is 464 g/mol. The van der Waals surface area contributed by atoms with Crippen molar-refractivity contribution in [2.45, 2.75) is 19.6 Å². The topological polar surface area (TPSA) is 98.3 Å². The van der Waals surface area contributed by atoms with Gasteiger partial charge in [0, 0.05) is 18.9 Å². The van der Waals surface area contributed by atoms with E-state index in [1.54, 1.807) is 38.4 Å². The summed E-state index contributed by atoms with van der Waals surface area (Å²) in [5.74, 6) is 1.33. The number of benzene rings is 2. The van der Waals surface area contributed by atoms with E-state index in [9.17, 15) is 4.79 Å². The first-order valence-corrected chi connectivity index (χ1v) is 10.6. The molecular formula is C24H22ClN5O3. The highest BCUT2D eigenvalue weighted by atomic mass is 35.5. The van der Waals surface area contributed by atoms with Gasteiger partial charge >= 0.3 is 0 Å². The Balaban J connectivity index is 1.57. The molecule has 2 aromatic carbocycles. The van der Waals surface area contributed by atoms with Crippen LogP contribution in [0.15, 0.2) is 67.1 Å². The number of pyridine rings is 1. The van der Waals surface area contributed by atoms with E-state index >= 15 is 0 Å². The minimum atomic E-state index is -0.682. The van der Waals surface area contributed by atoms with Crippen LogP contribution in [-0.2, 0) is 11.4 Å². The van der Waals surface area contributed by atoms with Crippen LogP contribution in [0.3, 0.4) is 0 Å². The number of anilines is 2. The normalized spacial score (nSPS) is 11.6. The molecule has 9 heteroatoms. The van der Waals surface area contributed by atoms with Gasteiger partial charge in [-0.05, 0) is 49.4 Å². The van der Waals surface area contributed by atoms with Crippen LogP contribution in [0, 0.1) is 0 Å². The van der Waals surface area contributed by atoms with Crippen LogP contribution >= 0.6 is 11.6 Å². The van der Waals surface area contributed by atoms with E-state index < -0.39 is 6.10 Å². The van der Waals surface area contributed by atoms with Gasteiger partial charge in [-0.25, -0.2) is 9.97 Å². The van der Waals surface area contributed by atoms with E-state index in [4.69, 9.17) is 21.1 Å². The maximum atomic E-state index is 11.9. The summed E-state index contributed by atoms with van der Waals surface area (Å²) in [6.45, 7) is 1.99. The van der Waals surface area contributed by atoms with Crippen LogP contribution in [0.2, 0.25) is 5.02 Å². The van der Waals surface area contributed by atoms with Gasteiger partial charge in [0.2, 0.25) is 0 Å². The van der Waals surface area contributed by atoms with Gasteiger partial charge in [-0.2, -0.15) is 0 Å². The molecule has 8 nitrogen and oxygen atoms in total. The largest absolute Gasteiger partial charge is 0.486 e. The fourth-order valence-electron chi connectivity index (χ4n) is 3.19. The Bertz CT molecular complexity index is 1260. The Morgan fingerprint density at radius 3 is 2.70 bits per heavy atom. The van der Waals surface area contributed by atoms with Crippen molar-refractivity contribution in [3.63, 3.8) is 0 Å². The van der Waals surface area contributed by atoms with Gasteiger partial charge in [-0.15, -0.1) is 0 Å². The SMILES string of the molecule is CNC(=O)[C@@H](C)Oc1cccc2ncnc(Nc3ccc(OCc4ccccn4)c(Cl)c3)c12. The molecule has 0 unspecified atom stereocenters. The highest BCUT2D eigenvalue weighted by Crippen LogP contribution is 2.34. The lowest BCUT2D eigenvalue weighted by molar-refractivity contribution is -0.126. The van der Waals surface area contributed by atoms with Gasteiger partial charge < -0.3 is 20.1 Å². The Morgan fingerprint density at radius 2 is 1.94 bits per heavy atom. The molecule has 4 rings (SSSR count). The summed E-state index contributed by atoms with van der Waals surface area (Å²) in [6.07, 6.45) is 2.49. The molecule has 33 heavy (non-hydrogen) atoms. The van der Waals surface area contributed by atoms with Crippen LogP contribution in [0.4, 0.5) is 11.5 Å². The molecule has 168 valence electrons. The van der Waals surface area contributed by atoms with Crippen LogP contribution < -0.4 is 20.1 Å². The van der Waals surface area contributed by atoms with Crippen LogP contribution in [0.25, 0.3) is 10.9 Å². The van der Waals surface area contributed by atoms with Crippen molar-refractivity contribution in [3.8, 4) is 11.5 Å². The second-order valence-corrected chi connectivity index (χ2v) is 7.53. The molecule has 0 aliphatic rings. The van der Waals surface area contributed by atoms with Crippen molar-refractivity contribution >= 4 is 39.9 Å². The maximum absolute atomic E-state index is 11.9. The van der Waals surface area contributed by atoms with Gasteiger partial charge in [0.1, 0.15) is 30.3 Å². The van der Waals surface area contributed by atoms with E-state index in [1.807, 2.05) is 36.4 Å². The van der Waals surface area contributed by atoms with E-state index in [2.05, 4.69) is 25.6 Å². The molecule has 0 fully saturated rings. The Hall–Kier alpha value is -3.91. The zero-order valence-electron chi connectivity index (χ0n) is 18.1. The van der Waals surface area contributed by atoms with E-state index in [1.165, 1.54) is 6.33 Å². The molecule has 2 heterocycles. The number of carbonyl (C=O) groups excluding carboxylic acids is 1. The second-order valence-electron chi connectivity index (χ2n) is 7.13. The van der Waals surface area contributed by atoms with Crippen molar-refractivity contribution in [1.29, 1.82) is 0 Å². The smallest absolute Gasteiger partial charge is 0.260 e. The number of nitrogens with zero attached hydrogens (tertiary/aromatic N) is 3. The first-order valence-electron chi connectivity index (χ1n) is 10.3. The first kappa shape index (κ1) is 22.3. The standard InChI is InChI=1S/C24H22ClN5O3/c1-15(24(31)26-2)33-21-8-5-7-19-22(21)23(29-14-28-19)30-16-9-10-20(18(25)12-16)32-13-17-6-3-4-11-27-17/h3-12,14-15H,13H2,1-2H3,(H,26,31)(H,28,29,30)/t15-/m1/s1. The summed E-state index contributed by atoms with van der Waals surface area (Å²) in [6, 6.07) is 16.4. The lowest BCUT2D eigenvalue weighted by atomic mass is 10.2. The van der Waals surface area contributed by atoms with Crippen molar-refractivity contribution in [1.82, 2.24) is 20.3 Å². The molecule has 2 aromatic heterocycles. The van der Waals surface area contributed by atoms with Crippen molar-refractivity contribution in [2.75, 3.05) is 12.4 Å². The molecule has 4 aromatic rings. The monoisotopic (exact) mass is 463 g/mol. The number of nitrogens with one attached hydrogen (secondary N) is 2. The summed E-state index contributed by atoms with van der Waals surface area (Å²) < 4.78 is 11.7. The molecular weight excluding hydrogens is 442 g/mol. The number of carbonyl (C=O) groups is 1. The number of amides is 1. The Labute approximate surface area is 196 Å². The number of likely N-dealkylation sites (N-methyl/N-ethyl adjacent to an activating group) is 1. The second kappa shape index (κ2) is 10.1.